The average molecular weight is 537 g/mol. The molecule has 0 bridgehead atoms. The number of carboxylic acids is 1. The molecule has 0 saturated heterocycles. The second-order valence-corrected chi connectivity index (χ2v) is 13.5. The number of carbonyl (C=O) groups is 1. The summed E-state index contributed by atoms with van der Waals surface area (Å²) in [6.45, 7) is 9.30. The topological polar surface area (TPSA) is 37.3 Å². The molecule has 0 aromatic carbocycles. The number of hydrogen-bond donors (Lipinski definition) is 1. The molecule has 1 unspecified atom stereocenters. The van der Waals surface area contributed by atoms with E-state index in [0.29, 0.717) is 0 Å². The first-order chi connectivity index (χ1) is 18.4. The minimum absolute atomic E-state index is 0.101. The largest absolute Gasteiger partial charge is 0.481 e. The average Bonchev–Trinajstić information content (AvgIpc) is 2.87. The number of rotatable bonds is 31. The predicted octanol–water partition coefficient (Wildman–Crippen LogP) is 12.9. The van der Waals surface area contributed by atoms with Gasteiger partial charge in [-0.05, 0) is 24.7 Å². The maximum atomic E-state index is 11.7. The van der Waals surface area contributed by atoms with Crippen molar-refractivity contribution in [2.24, 2.45) is 17.8 Å². The van der Waals surface area contributed by atoms with Gasteiger partial charge in [0.1, 0.15) is 0 Å². The fourth-order valence-electron chi connectivity index (χ4n) is 5.81. The lowest BCUT2D eigenvalue weighted by molar-refractivity contribution is -0.142. The fraction of sp³-hybridized carbons (Fsp3) is 0.972. The molecule has 2 heteroatoms. The zero-order valence-electron chi connectivity index (χ0n) is 26.9. The van der Waals surface area contributed by atoms with Crippen LogP contribution in [-0.2, 0) is 4.79 Å². The van der Waals surface area contributed by atoms with Gasteiger partial charge in [0, 0.05) is 0 Å². The first-order valence-electron chi connectivity index (χ1n) is 17.7. The third-order valence-corrected chi connectivity index (χ3v) is 8.52. The number of unbranched alkanes of at least 4 members (excludes halogenated alkanes) is 22. The van der Waals surface area contributed by atoms with Crippen LogP contribution in [0.5, 0.6) is 0 Å². The minimum atomic E-state index is -0.557. The van der Waals surface area contributed by atoms with Crippen molar-refractivity contribution in [3.63, 3.8) is 0 Å². The van der Waals surface area contributed by atoms with Gasteiger partial charge in [-0.1, -0.05) is 195 Å². The minimum Gasteiger partial charge on any atom is -0.481 e. The molecule has 0 aromatic rings. The van der Waals surface area contributed by atoms with Gasteiger partial charge in [0.15, 0.2) is 0 Å². The number of carboxylic acid groups (broad SMARTS) is 1. The van der Waals surface area contributed by atoms with Crippen molar-refractivity contribution in [2.75, 3.05) is 0 Å². The van der Waals surface area contributed by atoms with Crippen LogP contribution in [0.25, 0.3) is 0 Å². The highest BCUT2D eigenvalue weighted by Gasteiger charge is 2.16. The summed E-state index contributed by atoms with van der Waals surface area (Å²) >= 11 is 0. The van der Waals surface area contributed by atoms with Crippen molar-refractivity contribution in [3.8, 4) is 0 Å². The molecule has 0 spiro atoms. The lowest BCUT2D eigenvalue weighted by Gasteiger charge is -2.12. The van der Waals surface area contributed by atoms with Gasteiger partial charge in [-0.2, -0.15) is 0 Å². The molecule has 0 heterocycles. The van der Waals surface area contributed by atoms with E-state index in [1.165, 1.54) is 154 Å². The SMILES string of the molecule is CC(C)CCCCCCCCCCCCCCCC(CCCCCCCCCCCCCC(C)C)C(=O)O. The zero-order chi connectivity index (χ0) is 28.1. The first-order valence-corrected chi connectivity index (χ1v) is 17.7. The molecule has 0 amide bonds. The maximum absolute atomic E-state index is 11.7. The van der Waals surface area contributed by atoms with Crippen LogP contribution in [0.4, 0.5) is 0 Å². The standard InChI is InChI=1S/C36H72O2/c1-33(2)29-25-21-17-13-9-6-5-7-11-15-19-23-27-31-35(36(37)38)32-28-24-20-16-12-8-10-14-18-22-26-30-34(3)4/h33-35H,5-32H2,1-4H3,(H,37,38). The summed E-state index contributed by atoms with van der Waals surface area (Å²) in [4.78, 5) is 11.7. The van der Waals surface area contributed by atoms with E-state index < -0.39 is 5.97 Å². The van der Waals surface area contributed by atoms with Gasteiger partial charge in [0.25, 0.3) is 0 Å². The Morgan fingerprint density at radius 1 is 0.368 bits per heavy atom. The van der Waals surface area contributed by atoms with Gasteiger partial charge in [0.05, 0.1) is 5.92 Å². The van der Waals surface area contributed by atoms with E-state index in [1.807, 2.05) is 0 Å². The van der Waals surface area contributed by atoms with Gasteiger partial charge >= 0.3 is 5.97 Å². The van der Waals surface area contributed by atoms with E-state index in [9.17, 15) is 9.90 Å². The normalized spacial score (nSPS) is 12.6. The Bertz CT molecular complexity index is 470. The molecule has 0 radical (unpaired) electrons. The van der Waals surface area contributed by atoms with Gasteiger partial charge in [-0.3, -0.25) is 4.79 Å². The Morgan fingerprint density at radius 2 is 0.553 bits per heavy atom. The molecule has 0 rings (SSSR count). The predicted molar refractivity (Wildman–Crippen MR) is 170 cm³/mol. The van der Waals surface area contributed by atoms with E-state index in [1.54, 1.807) is 0 Å². The lowest BCUT2D eigenvalue weighted by atomic mass is 9.94. The Morgan fingerprint density at radius 3 is 0.737 bits per heavy atom. The number of aliphatic carboxylic acids is 1. The molecule has 2 nitrogen and oxygen atoms in total. The second-order valence-electron chi connectivity index (χ2n) is 13.5. The Kier molecular flexibility index (Phi) is 29.0. The third kappa shape index (κ3) is 30.0. The van der Waals surface area contributed by atoms with Crippen LogP contribution in [0.3, 0.4) is 0 Å². The monoisotopic (exact) mass is 537 g/mol. The summed E-state index contributed by atoms with van der Waals surface area (Å²) in [5.41, 5.74) is 0. The van der Waals surface area contributed by atoms with Crippen molar-refractivity contribution < 1.29 is 9.90 Å². The van der Waals surface area contributed by atoms with Crippen molar-refractivity contribution in [1.82, 2.24) is 0 Å². The molecule has 0 aromatic heterocycles. The van der Waals surface area contributed by atoms with E-state index in [2.05, 4.69) is 27.7 Å². The zero-order valence-corrected chi connectivity index (χ0v) is 26.9. The van der Waals surface area contributed by atoms with Crippen LogP contribution in [-0.4, -0.2) is 11.1 Å². The first kappa shape index (κ1) is 37.5. The molecule has 1 N–H and O–H groups in total. The van der Waals surface area contributed by atoms with Crippen LogP contribution < -0.4 is 0 Å². The molecule has 0 aliphatic carbocycles. The molecular weight excluding hydrogens is 464 g/mol. The quantitative estimate of drug-likeness (QED) is 0.0894. The van der Waals surface area contributed by atoms with Crippen LogP contribution in [0, 0.1) is 17.8 Å². The number of hydrogen-bond acceptors (Lipinski definition) is 1. The van der Waals surface area contributed by atoms with Crippen LogP contribution in [0.2, 0.25) is 0 Å². The summed E-state index contributed by atoms with van der Waals surface area (Å²) in [7, 11) is 0. The van der Waals surface area contributed by atoms with Crippen molar-refractivity contribution >= 4 is 5.97 Å². The van der Waals surface area contributed by atoms with E-state index >= 15 is 0 Å². The summed E-state index contributed by atoms with van der Waals surface area (Å²) in [5, 5.41) is 9.60. The molecule has 38 heavy (non-hydrogen) atoms. The van der Waals surface area contributed by atoms with Crippen LogP contribution in [0.15, 0.2) is 0 Å². The molecule has 1 atom stereocenters. The summed E-state index contributed by atoms with van der Waals surface area (Å²) in [6.07, 6.45) is 37.0. The molecule has 0 aliphatic heterocycles. The molecular formula is C36H72O2. The van der Waals surface area contributed by atoms with Gasteiger partial charge in [0.2, 0.25) is 0 Å². The van der Waals surface area contributed by atoms with E-state index in [-0.39, 0.29) is 5.92 Å². The molecule has 228 valence electrons. The second kappa shape index (κ2) is 29.5. The molecule has 0 aliphatic rings. The van der Waals surface area contributed by atoms with Gasteiger partial charge in [-0.25, -0.2) is 0 Å². The highest BCUT2D eigenvalue weighted by atomic mass is 16.4. The summed E-state index contributed by atoms with van der Waals surface area (Å²) in [5.74, 6) is 1.07. The van der Waals surface area contributed by atoms with Crippen molar-refractivity contribution in [2.45, 2.75) is 207 Å². The Hall–Kier alpha value is -0.530. The lowest BCUT2D eigenvalue weighted by Crippen LogP contribution is -2.13. The van der Waals surface area contributed by atoms with Gasteiger partial charge < -0.3 is 5.11 Å². The van der Waals surface area contributed by atoms with Crippen LogP contribution in [0.1, 0.15) is 207 Å². The third-order valence-electron chi connectivity index (χ3n) is 8.52. The van der Waals surface area contributed by atoms with E-state index in [0.717, 1.165) is 37.5 Å². The summed E-state index contributed by atoms with van der Waals surface area (Å²) < 4.78 is 0. The highest BCUT2D eigenvalue weighted by molar-refractivity contribution is 5.69. The van der Waals surface area contributed by atoms with Crippen molar-refractivity contribution in [1.29, 1.82) is 0 Å². The Labute approximate surface area is 240 Å². The Balaban J connectivity index is 3.40. The molecule has 0 fully saturated rings. The van der Waals surface area contributed by atoms with Crippen molar-refractivity contribution in [3.05, 3.63) is 0 Å². The molecule has 0 saturated carbocycles. The van der Waals surface area contributed by atoms with Crippen LogP contribution >= 0.6 is 0 Å². The highest BCUT2D eigenvalue weighted by Crippen LogP contribution is 2.20. The fourth-order valence-corrected chi connectivity index (χ4v) is 5.81. The maximum Gasteiger partial charge on any atom is 0.306 e. The van der Waals surface area contributed by atoms with Gasteiger partial charge in [-0.15, -0.1) is 0 Å². The smallest absolute Gasteiger partial charge is 0.306 e. The summed E-state index contributed by atoms with van der Waals surface area (Å²) in [6, 6.07) is 0. The van der Waals surface area contributed by atoms with E-state index in [4.69, 9.17) is 0 Å².